The summed E-state index contributed by atoms with van der Waals surface area (Å²) in [6, 6.07) is 7.32. The van der Waals surface area contributed by atoms with Crippen LogP contribution in [0.2, 0.25) is 0 Å². The summed E-state index contributed by atoms with van der Waals surface area (Å²) in [5.74, 6) is -3.49. The molecule has 4 aromatic rings. The molecule has 0 bridgehead atoms. The van der Waals surface area contributed by atoms with Crippen molar-refractivity contribution in [2.45, 2.75) is 13.3 Å². The fraction of sp³-hybridized carbons (Fsp3) is 0.143. The number of thiophene rings is 1. The van der Waals surface area contributed by atoms with Crippen molar-refractivity contribution in [1.82, 2.24) is 9.97 Å². The molecular formula is C21H17F2N3O3S2. The minimum atomic E-state index is -3.82. The summed E-state index contributed by atoms with van der Waals surface area (Å²) in [7, 11) is -3.82. The maximum Gasteiger partial charge on any atom is 0.232 e. The molecule has 31 heavy (non-hydrogen) atoms. The Kier molecular flexibility index (Phi) is 5.59. The van der Waals surface area contributed by atoms with Gasteiger partial charge in [-0.1, -0.05) is 13.0 Å². The van der Waals surface area contributed by atoms with Crippen LogP contribution in [0.3, 0.4) is 0 Å². The van der Waals surface area contributed by atoms with Crippen molar-refractivity contribution < 1.29 is 22.0 Å². The van der Waals surface area contributed by atoms with Crippen LogP contribution in [0.15, 0.2) is 48.1 Å². The highest BCUT2D eigenvalue weighted by Gasteiger charge is 2.26. The predicted molar refractivity (Wildman–Crippen MR) is 117 cm³/mol. The number of halogens is 2. The molecule has 10 heteroatoms. The minimum Gasteiger partial charge on any atom is -0.345 e. The Labute approximate surface area is 181 Å². The number of hydrogen-bond acceptors (Lipinski definition) is 5. The Balaban J connectivity index is 1.79. The van der Waals surface area contributed by atoms with Crippen LogP contribution in [0.4, 0.5) is 14.5 Å². The standard InChI is InChI=1S/C21H17F2N3O3S2/c1-2-8-31(28,29)26-16-6-5-15(22)18(19(16)23)20(27)14-11-25-21-13(14)9-12(10-24-21)17-4-3-7-30-17/h3-7,9-11,26H,2,8H2,1H3,(H,24,25). The van der Waals surface area contributed by atoms with Crippen molar-refractivity contribution in [3.05, 3.63) is 70.9 Å². The van der Waals surface area contributed by atoms with Crippen molar-refractivity contribution >= 4 is 43.9 Å². The molecule has 0 saturated carbocycles. The molecule has 0 aliphatic carbocycles. The Bertz CT molecular complexity index is 1380. The molecule has 0 amide bonds. The van der Waals surface area contributed by atoms with E-state index in [0.29, 0.717) is 17.5 Å². The van der Waals surface area contributed by atoms with Crippen LogP contribution in [-0.4, -0.2) is 29.9 Å². The lowest BCUT2D eigenvalue weighted by Gasteiger charge is -2.11. The number of pyridine rings is 1. The van der Waals surface area contributed by atoms with E-state index in [9.17, 15) is 17.6 Å². The van der Waals surface area contributed by atoms with E-state index in [1.54, 1.807) is 19.2 Å². The van der Waals surface area contributed by atoms with Gasteiger partial charge in [0.05, 0.1) is 17.0 Å². The molecule has 0 saturated heterocycles. The second-order valence-corrected chi connectivity index (χ2v) is 9.62. The van der Waals surface area contributed by atoms with Crippen LogP contribution < -0.4 is 4.72 Å². The number of hydrogen-bond donors (Lipinski definition) is 2. The fourth-order valence-corrected chi connectivity index (χ4v) is 5.07. The number of aromatic nitrogens is 2. The van der Waals surface area contributed by atoms with E-state index in [1.165, 1.54) is 17.5 Å². The van der Waals surface area contributed by atoms with E-state index in [1.807, 2.05) is 17.5 Å². The van der Waals surface area contributed by atoms with Gasteiger partial charge in [0.15, 0.2) is 5.82 Å². The molecule has 0 aliphatic heterocycles. The summed E-state index contributed by atoms with van der Waals surface area (Å²) in [4.78, 5) is 21.2. The molecule has 6 nitrogen and oxygen atoms in total. The van der Waals surface area contributed by atoms with Gasteiger partial charge in [0.1, 0.15) is 11.5 Å². The van der Waals surface area contributed by atoms with E-state index < -0.39 is 38.7 Å². The number of aromatic amines is 1. The van der Waals surface area contributed by atoms with Gasteiger partial charge in [-0.15, -0.1) is 11.3 Å². The van der Waals surface area contributed by atoms with Crippen molar-refractivity contribution in [2.24, 2.45) is 0 Å². The quantitative estimate of drug-likeness (QED) is 0.381. The first-order chi connectivity index (χ1) is 14.8. The molecule has 1 aromatic carbocycles. The monoisotopic (exact) mass is 461 g/mol. The lowest BCUT2D eigenvalue weighted by molar-refractivity contribution is 0.103. The number of ketones is 1. The van der Waals surface area contributed by atoms with E-state index in [-0.39, 0.29) is 11.3 Å². The minimum absolute atomic E-state index is 0.0345. The van der Waals surface area contributed by atoms with Gasteiger partial charge in [-0.2, -0.15) is 0 Å². The van der Waals surface area contributed by atoms with Gasteiger partial charge in [-0.05, 0) is 36.1 Å². The Morgan fingerprint density at radius 3 is 2.77 bits per heavy atom. The molecule has 3 aromatic heterocycles. The lowest BCUT2D eigenvalue weighted by atomic mass is 10.0. The Hall–Kier alpha value is -3.11. The van der Waals surface area contributed by atoms with E-state index in [2.05, 4.69) is 14.7 Å². The van der Waals surface area contributed by atoms with Gasteiger partial charge in [-0.25, -0.2) is 22.2 Å². The zero-order valence-corrected chi connectivity index (χ0v) is 17.9. The average molecular weight is 462 g/mol. The summed E-state index contributed by atoms with van der Waals surface area (Å²) in [6.45, 7) is 1.66. The molecular weight excluding hydrogens is 444 g/mol. The van der Waals surface area contributed by atoms with Crippen molar-refractivity contribution in [1.29, 1.82) is 0 Å². The number of anilines is 1. The molecule has 4 rings (SSSR count). The molecule has 0 aliphatic rings. The summed E-state index contributed by atoms with van der Waals surface area (Å²) >= 11 is 1.49. The number of nitrogens with one attached hydrogen (secondary N) is 2. The summed E-state index contributed by atoms with van der Waals surface area (Å²) in [6.07, 6.45) is 3.30. The second kappa shape index (κ2) is 8.20. The zero-order chi connectivity index (χ0) is 22.2. The van der Waals surface area contributed by atoms with Crippen LogP contribution in [0.25, 0.3) is 21.5 Å². The normalized spacial score (nSPS) is 11.7. The third-order valence-corrected chi connectivity index (χ3v) is 7.03. The topological polar surface area (TPSA) is 91.9 Å². The lowest BCUT2D eigenvalue weighted by Crippen LogP contribution is -2.18. The fourth-order valence-electron chi connectivity index (χ4n) is 3.23. The third kappa shape index (κ3) is 4.08. The first-order valence-electron chi connectivity index (χ1n) is 9.35. The predicted octanol–water partition coefficient (Wildman–Crippen LogP) is 4.95. The summed E-state index contributed by atoms with van der Waals surface area (Å²) in [5, 5.41) is 2.31. The number of carbonyl (C=O) groups excluding carboxylic acids is 1. The molecule has 2 N–H and O–H groups in total. The molecule has 0 atom stereocenters. The van der Waals surface area contributed by atoms with Crippen molar-refractivity contribution in [3.63, 3.8) is 0 Å². The summed E-state index contributed by atoms with van der Waals surface area (Å²) in [5.41, 5.74) is -0.121. The SMILES string of the molecule is CCCS(=O)(=O)Nc1ccc(F)c(C(=O)c2c[nH]c3ncc(-c4cccs4)cc23)c1F. The van der Waals surface area contributed by atoms with Crippen molar-refractivity contribution in [2.75, 3.05) is 10.5 Å². The van der Waals surface area contributed by atoms with Crippen LogP contribution in [0.5, 0.6) is 0 Å². The number of fused-ring (bicyclic) bond motifs is 1. The first kappa shape index (κ1) is 21.1. The average Bonchev–Trinajstić information content (AvgIpc) is 3.39. The number of rotatable bonds is 7. The molecule has 0 radical (unpaired) electrons. The Morgan fingerprint density at radius 1 is 1.26 bits per heavy atom. The van der Waals surface area contributed by atoms with E-state index in [4.69, 9.17) is 0 Å². The molecule has 0 spiro atoms. The smallest absolute Gasteiger partial charge is 0.232 e. The number of sulfonamides is 1. The van der Waals surface area contributed by atoms with E-state index in [0.717, 1.165) is 22.6 Å². The van der Waals surface area contributed by atoms with Crippen molar-refractivity contribution in [3.8, 4) is 10.4 Å². The number of H-pyrrole nitrogens is 1. The largest absolute Gasteiger partial charge is 0.345 e. The highest BCUT2D eigenvalue weighted by molar-refractivity contribution is 7.92. The molecule has 160 valence electrons. The number of benzene rings is 1. The van der Waals surface area contributed by atoms with Crippen LogP contribution in [0, 0.1) is 11.6 Å². The van der Waals surface area contributed by atoms with Gasteiger partial charge in [0, 0.05) is 33.8 Å². The molecule has 0 unspecified atom stereocenters. The number of carbonyl (C=O) groups is 1. The molecule has 3 heterocycles. The zero-order valence-electron chi connectivity index (χ0n) is 16.3. The Morgan fingerprint density at radius 2 is 2.06 bits per heavy atom. The van der Waals surface area contributed by atoms with Gasteiger partial charge in [0.2, 0.25) is 15.8 Å². The maximum atomic E-state index is 15.0. The van der Waals surface area contributed by atoms with Gasteiger partial charge in [0.25, 0.3) is 0 Å². The molecule has 0 fully saturated rings. The second-order valence-electron chi connectivity index (χ2n) is 6.83. The number of nitrogens with zero attached hydrogens (tertiary/aromatic N) is 1. The van der Waals surface area contributed by atoms with E-state index >= 15 is 4.39 Å². The first-order valence-corrected chi connectivity index (χ1v) is 11.9. The van der Waals surface area contributed by atoms with Crippen LogP contribution in [-0.2, 0) is 10.0 Å². The maximum absolute atomic E-state index is 15.0. The highest BCUT2D eigenvalue weighted by Crippen LogP contribution is 2.31. The van der Waals surface area contributed by atoms with Gasteiger partial charge >= 0.3 is 0 Å². The van der Waals surface area contributed by atoms with Gasteiger partial charge in [-0.3, -0.25) is 9.52 Å². The van der Waals surface area contributed by atoms with Crippen LogP contribution in [0.1, 0.15) is 29.3 Å². The summed E-state index contributed by atoms with van der Waals surface area (Å²) < 4.78 is 55.6. The third-order valence-electron chi connectivity index (χ3n) is 4.64. The van der Waals surface area contributed by atoms with Crippen LogP contribution >= 0.6 is 11.3 Å². The highest BCUT2D eigenvalue weighted by atomic mass is 32.2. The van der Waals surface area contributed by atoms with Gasteiger partial charge < -0.3 is 4.98 Å².